The Bertz CT molecular complexity index is 673. The topological polar surface area (TPSA) is 56.8 Å². The lowest BCUT2D eigenvalue weighted by atomic mass is 10.3. The molecule has 0 spiro atoms. The summed E-state index contributed by atoms with van der Waals surface area (Å²) in [7, 11) is 1.62. The summed E-state index contributed by atoms with van der Waals surface area (Å²) in [6.45, 7) is 3.96. The zero-order chi connectivity index (χ0) is 18.2. The van der Waals surface area contributed by atoms with Crippen molar-refractivity contribution in [1.82, 2.24) is 5.32 Å². The smallest absolute Gasteiger partial charge is 0.261 e. The minimum atomic E-state index is -0.593. The van der Waals surface area contributed by atoms with E-state index >= 15 is 0 Å². The standard InChI is InChI=1S/C19H22BrNO4/c1-13(12-24-17-10-8-16(23-3)9-11-17)21-19(22)14(2)25-18-6-4-15(20)5-7-18/h4-11,13-14H,12H2,1-3H3,(H,21,22)/t13-,14-/m0/s1. The van der Waals surface area contributed by atoms with Gasteiger partial charge in [-0.05, 0) is 62.4 Å². The van der Waals surface area contributed by atoms with Crippen molar-refractivity contribution in [3.8, 4) is 17.2 Å². The molecule has 0 aliphatic carbocycles. The first-order valence-corrected chi connectivity index (χ1v) is 8.76. The number of hydrogen-bond acceptors (Lipinski definition) is 4. The van der Waals surface area contributed by atoms with E-state index in [-0.39, 0.29) is 11.9 Å². The van der Waals surface area contributed by atoms with Crippen molar-refractivity contribution in [2.75, 3.05) is 13.7 Å². The van der Waals surface area contributed by atoms with Crippen LogP contribution in [0.3, 0.4) is 0 Å². The number of ether oxygens (including phenoxy) is 3. The summed E-state index contributed by atoms with van der Waals surface area (Å²) in [5, 5.41) is 2.88. The molecule has 0 fully saturated rings. The van der Waals surface area contributed by atoms with Crippen LogP contribution in [0.4, 0.5) is 0 Å². The molecule has 2 atom stereocenters. The highest BCUT2D eigenvalue weighted by Gasteiger charge is 2.17. The first-order valence-electron chi connectivity index (χ1n) is 7.97. The number of methoxy groups -OCH3 is 1. The molecule has 2 rings (SSSR count). The van der Waals surface area contributed by atoms with E-state index in [4.69, 9.17) is 14.2 Å². The summed E-state index contributed by atoms with van der Waals surface area (Å²) in [4.78, 5) is 12.2. The van der Waals surface area contributed by atoms with Crippen LogP contribution in [0, 0.1) is 0 Å². The number of nitrogens with one attached hydrogen (secondary N) is 1. The summed E-state index contributed by atoms with van der Waals surface area (Å²) in [5.41, 5.74) is 0. The van der Waals surface area contributed by atoms with Gasteiger partial charge in [-0.2, -0.15) is 0 Å². The van der Waals surface area contributed by atoms with Gasteiger partial charge in [-0.15, -0.1) is 0 Å². The van der Waals surface area contributed by atoms with Crippen LogP contribution in [0.2, 0.25) is 0 Å². The average molecular weight is 408 g/mol. The Labute approximate surface area is 156 Å². The molecule has 2 aromatic carbocycles. The molecular formula is C19H22BrNO4. The molecule has 0 unspecified atom stereocenters. The molecule has 0 aromatic heterocycles. The largest absolute Gasteiger partial charge is 0.497 e. The van der Waals surface area contributed by atoms with Crippen molar-refractivity contribution in [3.05, 3.63) is 53.0 Å². The maximum Gasteiger partial charge on any atom is 0.261 e. The lowest BCUT2D eigenvalue weighted by molar-refractivity contribution is -0.128. The van der Waals surface area contributed by atoms with Gasteiger partial charge in [0.1, 0.15) is 23.9 Å². The van der Waals surface area contributed by atoms with E-state index in [0.717, 1.165) is 16.0 Å². The summed E-state index contributed by atoms with van der Waals surface area (Å²) in [6.07, 6.45) is -0.593. The van der Waals surface area contributed by atoms with E-state index in [9.17, 15) is 4.79 Å². The second-order valence-corrected chi connectivity index (χ2v) is 6.53. The molecule has 134 valence electrons. The summed E-state index contributed by atoms with van der Waals surface area (Å²) in [5.74, 6) is 1.95. The number of halogens is 1. The van der Waals surface area contributed by atoms with Gasteiger partial charge < -0.3 is 19.5 Å². The molecule has 6 heteroatoms. The fourth-order valence-corrected chi connectivity index (χ4v) is 2.33. The summed E-state index contributed by atoms with van der Waals surface area (Å²) < 4.78 is 17.4. The monoisotopic (exact) mass is 407 g/mol. The van der Waals surface area contributed by atoms with Crippen LogP contribution in [0.25, 0.3) is 0 Å². The van der Waals surface area contributed by atoms with Crippen LogP contribution in [-0.2, 0) is 4.79 Å². The van der Waals surface area contributed by atoms with Gasteiger partial charge in [0.15, 0.2) is 6.10 Å². The predicted molar refractivity (Wildman–Crippen MR) is 100 cm³/mol. The summed E-state index contributed by atoms with van der Waals surface area (Å²) >= 11 is 3.36. The highest BCUT2D eigenvalue weighted by atomic mass is 79.9. The van der Waals surface area contributed by atoms with Crippen LogP contribution in [-0.4, -0.2) is 31.8 Å². The Morgan fingerprint density at radius 3 is 2.16 bits per heavy atom. The van der Waals surface area contributed by atoms with Gasteiger partial charge >= 0.3 is 0 Å². The molecule has 0 radical (unpaired) electrons. The molecule has 0 bridgehead atoms. The minimum Gasteiger partial charge on any atom is -0.497 e. The van der Waals surface area contributed by atoms with Gasteiger partial charge in [-0.25, -0.2) is 0 Å². The normalized spacial score (nSPS) is 12.8. The van der Waals surface area contributed by atoms with Gasteiger partial charge in [0, 0.05) is 4.47 Å². The first-order chi connectivity index (χ1) is 12.0. The molecule has 0 aliphatic heterocycles. The van der Waals surface area contributed by atoms with Crippen LogP contribution in [0.5, 0.6) is 17.2 Å². The van der Waals surface area contributed by atoms with Gasteiger partial charge in [0.2, 0.25) is 0 Å². The first kappa shape index (κ1) is 19.1. The number of hydrogen-bond donors (Lipinski definition) is 1. The SMILES string of the molecule is COc1ccc(OC[C@H](C)NC(=O)[C@H](C)Oc2ccc(Br)cc2)cc1. The predicted octanol–water partition coefficient (Wildman–Crippen LogP) is 3.81. The van der Waals surface area contributed by atoms with Gasteiger partial charge in [0.05, 0.1) is 13.2 Å². The quantitative estimate of drug-likeness (QED) is 0.722. The maximum absolute atomic E-state index is 12.2. The number of rotatable bonds is 8. The second kappa shape index (κ2) is 9.32. The van der Waals surface area contributed by atoms with Crippen LogP contribution < -0.4 is 19.5 Å². The van der Waals surface area contributed by atoms with E-state index in [1.807, 2.05) is 55.5 Å². The minimum absolute atomic E-state index is 0.148. The van der Waals surface area contributed by atoms with Crippen molar-refractivity contribution in [1.29, 1.82) is 0 Å². The Morgan fingerprint density at radius 1 is 1.00 bits per heavy atom. The number of benzene rings is 2. The molecule has 5 nitrogen and oxygen atoms in total. The van der Waals surface area contributed by atoms with Gasteiger partial charge in [-0.3, -0.25) is 4.79 Å². The number of carbonyl (C=O) groups excluding carboxylic acids is 1. The molecule has 0 saturated heterocycles. The van der Waals surface area contributed by atoms with Crippen molar-refractivity contribution in [2.45, 2.75) is 26.0 Å². The lowest BCUT2D eigenvalue weighted by Gasteiger charge is -2.19. The van der Waals surface area contributed by atoms with Gasteiger partial charge in [0.25, 0.3) is 5.91 Å². The Balaban J connectivity index is 1.77. The molecular weight excluding hydrogens is 386 g/mol. The number of amides is 1. The molecule has 0 saturated carbocycles. The van der Waals surface area contributed by atoms with E-state index in [0.29, 0.717) is 12.4 Å². The summed E-state index contributed by atoms with van der Waals surface area (Å²) in [6, 6.07) is 14.5. The van der Waals surface area contributed by atoms with Crippen molar-refractivity contribution in [3.63, 3.8) is 0 Å². The fourth-order valence-electron chi connectivity index (χ4n) is 2.07. The molecule has 1 N–H and O–H groups in total. The highest BCUT2D eigenvalue weighted by Crippen LogP contribution is 2.18. The Kier molecular flexibility index (Phi) is 7.13. The molecule has 1 amide bonds. The lowest BCUT2D eigenvalue weighted by Crippen LogP contribution is -2.43. The van der Waals surface area contributed by atoms with Crippen LogP contribution in [0.1, 0.15) is 13.8 Å². The van der Waals surface area contributed by atoms with Crippen molar-refractivity contribution >= 4 is 21.8 Å². The second-order valence-electron chi connectivity index (χ2n) is 5.61. The highest BCUT2D eigenvalue weighted by molar-refractivity contribution is 9.10. The Hall–Kier alpha value is -2.21. The third kappa shape index (κ3) is 6.31. The number of carbonyl (C=O) groups is 1. The third-order valence-electron chi connectivity index (χ3n) is 3.44. The zero-order valence-electron chi connectivity index (χ0n) is 14.5. The Morgan fingerprint density at radius 2 is 1.56 bits per heavy atom. The van der Waals surface area contributed by atoms with E-state index in [1.165, 1.54) is 0 Å². The third-order valence-corrected chi connectivity index (χ3v) is 3.97. The van der Waals surface area contributed by atoms with Crippen LogP contribution in [0.15, 0.2) is 53.0 Å². The molecule has 25 heavy (non-hydrogen) atoms. The maximum atomic E-state index is 12.2. The molecule has 2 aromatic rings. The molecule has 0 heterocycles. The van der Waals surface area contributed by atoms with Crippen molar-refractivity contribution in [2.24, 2.45) is 0 Å². The van der Waals surface area contributed by atoms with Crippen molar-refractivity contribution < 1.29 is 19.0 Å². The van der Waals surface area contributed by atoms with E-state index < -0.39 is 6.10 Å². The van der Waals surface area contributed by atoms with Gasteiger partial charge in [-0.1, -0.05) is 15.9 Å². The zero-order valence-corrected chi connectivity index (χ0v) is 16.1. The van der Waals surface area contributed by atoms with Crippen LogP contribution >= 0.6 is 15.9 Å². The molecule has 0 aliphatic rings. The van der Waals surface area contributed by atoms with E-state index in [1.54, 1.807) is 14.0 Å². The average Bonchev–Trinajstić information content (AvgIpc) is 2.62. The van der Waals surface area contributed by atoms with E-state index in [2.05, 4.69) is 21.2 Å². The fraction of sp³-hybridized carbons (Fsp3) is 0.316.